The first-order valence-corrected chi connectivity index (χ1v) is 8.88. The van der Waals surface area contributed by atoms with Crippen LogP contribution in [0.3, 0.4) is 0 Å². The maximum absolute atomic E-state index is 12.2. The lowest BCUT2D eigenvalue weighted by atomic mass is 10.3. The summed E-state index contributed by atoms with van der Waals surface area (Å²) in [6, 6.07) is 7.40. The lowest BCUT2D eigenvalue weighted by Gasteiger charge is -2.20. The van der Waals surface area contributed by atoms with Gasteiger partial charge < -0.3 is 15.0 Å². The second-order valence-corrected chi connectivity index (χ2v) is 7.14. The van der Waals surface area contributed by atoms with E-state index in [0.717, 1.165) is 28.8 Å². The van der Waals surface area contributed by atoms with Crippen molar-refractivity contribution in [2.75, 3.05) is 25.0 Å². The van der Waals surface area contributed by atoms with Crippen LogP contribution < -0.4 is 10.1 Å². The Balaban J connectivity index is 1.83. The zero-order chi connectivity index (χ0) is 15.9. The molecule has 1 aliphatic rings. The quantitative estimate of drug-likeness (QED) is 0.832. The molecule has 0 saturated carbocycles. The molecule has 0 radical (unpaired) electrons. The average molecular weight is 338 g/mol. The summed E-state index contributed by atoms with van der Waals surface area (Å²) < 4.78 is 6.21. The van der Waals surface area contributed by atoms with E-state index in [4.69, 9.17) is 17.0 Å². The molecule has 1 aromatic rings. The van der Waals surface area contributed by atoms with Gasteiger partial charge in [0.15, 0.2) is 0 Å². The van der Waals surface area contributed by atoms with Crippen molar-refractivity contribution in [3.8, 4) is 5.75 Å². The largest absolute Gasteiger partial charge is 0.494 e. The fourth-order valence-electron chi connectivity index (χ4n) is 2.22. The van der Waals surface area contributed by atoms with E-state index in [2.05, 4.69) is 10.2 Å². The number of nitrogens with one attached hydrogen (secondary N) is 1. The summed E-state index contributed by atoms with van der Waals surface area (Å²) in [6.07, 6.45) is 2.38. The van der Waals surface area contributed by atoms with Crippen molar-refractivity contribution in [2.24, 2.45) is 0 Å². The highest BCUT2D eigenvalue weighted by Gasteiger charge is 2.21. The van der Waals surface area contributed by atoms with Crippen LogP contribution in [0.1, 0.15) is 26.7 Å². The van der Waals surface area contributed by atoms with Crippen LogP contribution in [0.25, 0.3) is 0 Å². The molecule has 0 spiro atoms. The molecular formula is C16H22N2O2S2. The Morgan fingerprint density at radius 1 is 1.36 bits per heavy atom. The van der Waals surface area contributed by atoms with E-state index in [-0.39, 0.29) is 11.2 Å². The Morgan fingerprint density at radius 2 is 2.00 bits per heavy atom. The third-order valence-corrected chi connectivity index (χ3v) is 5.02. The predicted molar refractivity (Wildman–Crippen MR) is 96.7 cm³/mol. The van der Waals surface area contributed by atoms with E-state index in [1.807, 2.05) is 38.1 Å². The molecule has 1 aliphatic heterocycles. The number of nitrogens with zero attached hydrogens (tertiary/aromatic N) is 1. The first-order valence-electron chi connectivity index (χ1n) is 7.59. The smallest absolute Gasteiger partial charge is 0.237 e. The topological polar surface area (TPSA) is 41.6 Å². The molecule has 1 saturated heterocycles. The maximum Gasteiger partial charge on any atom is 0.237 e. The highest BCUT2D eigenvalue weighted by atomic mass is 32.2. The number of benzene rings is 1. The number of amides is 1. The zero-order valence-corrected chi connectivity index (χ0v) is 14.6. The summed E-state index contributed by atoms with van der Waals surface area (Å²) in [5.41, 5.74) is 0.771. The van der Waals surface area contributed by atoms with E-state index >= 15 is 0 Å². The number of rotatable bonds is 5. The fraction of sp³-hybridized carbons (Fsp3) is 0.500. The number of carbonyl (C=O) groups is 1. The lowest BCUT2D eigenvalue weighted by molar-refractivity contribution is -0.115. The third-order valence-electron chi connectivity index (χ3n) is 3.44. The van der Waals surface area contributed by atoms with Crippen LogP contribution in [0.5, 0.6) is 5.75 Å². The van der Waals surface area contributed by atoms with Gasteiger partial charge in [0.25, 0.3) is 0 Å². The summed E-state index contributed by atoms with van der Waals surface area (Å²) in [6.45, 7) is 6.49. The monoisotopic (exact) mass is 338 g/mol. The molecule has 0 bridgehead atoms. The Hall–Kier alpha value is -1.27. The van der Waals surface area contributed by atoms with E-state index in [9.17, 15) is 4.79 Å². The number of anilines is 1. The Bertz CT molecular complexity index is 513. The summed E-state index contributed by atoms with van der Waals surface area (Å²) in [4.78, 5) is 14.4. The minimum absolute atomic E-state index is 0.0318. The summed E-state index contributed by atoms with van der Waals surface area (Å²) >= 11 is 6.87. The van der Waals surface area contributed by atoms with Crippen LogP contribution in [-0.4, -0.2) is 40.1 Å². The van der Waals surface area contributed by atoms with Gasteiger partial charge in [-0.1, -0.05) is 24.0 Å². The van der Waals surface area contributed by atoms with Crippen molar-refractivity contribution in [2.45, 2.75) is 31.9 Å². The van der Waals surface area contributed by atoms with Gasteiger partial charge in [-0.25, -0.2) is 0 Å². The molecule has 0 aromatic heterocycles. The van der Waals surface area contributed by atoms with E-state index in [1.54, 1.807) is 0 Å². The molecule has 0 unspecified atom stereocenters. The number of thioether (sulfide) groups is 1. The predicted octanol–water partition coefficient (Wildman–Crippen LogP) is 3.53. The zero-order valence-electron chi connectivity index (χ0n) is 13.0. The minimum Gasteiger partial charge on any atom is -0.494 e. The second-order valence-electron chi connectivity index (χ2n) is 5.17. The van der Waals surface area contributed by atoms with Gasteiger partial charge >= 0.3 is 0 Å². The van der Waals surface area contributed by atoms with E-state index < -0.39 is 0 Å². The van der Waals surface area contributed by atoms with Crippen LogP contribution in [0.15, 0.2) is 24.3 Å². The molecule has 2 rings (SSSR count). The molecule has 120 valence electrons. The van der Waals surface area contributed by atoms with Crippen LogP contribution >= 0.6 is 24.0 Å². The Kier molecular flexibility index (Phi) is 6.51. The number of likely N-dealkylation sites (tertiary alicyclic amines) is 1. The highest BCUT2D eigenvalue weighted by Crippen LogP contribution is 2.22. The first kappa shape index (κ1) is 17.1. The SMILES string of the molecule is CCOc1ccc(NC(=O)[C@@H](C)SC(=S)N2CCCC2)cc1. The first-order chi connectivity index (χ1) is 10.6. The maximum atomic E-state index is 12.2. The summed E-state index contributed by atoms with van der Waals surface area (Å²) in [7, 11) is 0. The minimum atomic E-state index is -0.209. The molecule has 1 aromatic carbocycles. The van der Waals surface area contributed by atoms with Gasteiger partial charge in [-0.2, -0.15) is 0 Å². The summed E-state index contributed by atoms with van der Waals surface area (Å²) in [5, 5.41) is 2.70. The normalized spacial score (nSPS) is 15.5. The van der Waals surface area contributed by atoms with Crippen molar-refractivity contribution in [3.63, 3.8) is 0 Å². The second kappa shape index (κ2) is 8.39. The molecule has 4 nitrogen and oxygen atoms in total. The van der Waals surface area contributed by atoms with Gasteiger partial charge in [-0.3, -0.25) is 4.79 Å². The molecule has 1 fully saturated rings. The van der Waals surface area contributed by atoms with Gasteiger partial charge in [0.1, 0.15) is 10.1 Å². The van der Waals surface area contributed by atoms with Crippen molar-refractivity contribution in [1.29, 1.82) is 0 Å². The van der Waals surface area contributed by atoms with Crippen molar-refractivity contribution >= 4 is 39.9 Å². The van der Waals surface area contributed by atoms with E-state index in [0.29, 0.717) is 6.61 Å². The third kappa shape index (κ3) is 4.88. The number of thiocarbonyl (C=S) groups is 1. The highest BCUT2D eigenvalue weighted by molar-refractivity contribution is 8.23. The Labute approximate surface area is 141 Å². The van der Waals surface area contributed by atoms with Crippen LogP contribution in [0.4, 0.5) is 5.69 Å². The Morgan fingerprint density at radius 3 is 2.59 bits per heavy atom. The average Bonchev–Trinajstić information content (AvgIpc) is 3.04. The number of carbonyl (C=O) groups excluding carboxylic acids is 1. The molecule has 1 atom stereocenters. The molecular weight excluding hydrogens is 316 g/mol. The van der Waals surface area contributed by atoms with Crippen molar-refractivity contribution in [1.82, 2.24) is 4.90 Å². The number of ether oxygens (including phenoxy) is 1. The molecule has 22 heavy (non-hydrogen) atoms. The van der Waals surface area contributed by atoms with Gasteiger partial charge in [-0.05, 0) is 51.0 Å². The fourth-order valence-corrected chi connectivity index (χ4v) is 3.64. The van der Waals surface area contributed by atoms with Crippen LogP contribution in [0.2, 0.25) is 0 Å². The van der Waals surface area contributed by atoms with Crippen molar-refractivity contribution in [3.05, 3.63) is 24.3 Å². The number of hydrogen-bond donors (Lipinski definition) is 1. The summed E-state index contributed by atoms with van der Waals surface area (Å²) in [5.74, 6) is 0.772. The van der Waals surface area contributed by atoms with Gasteiger partial charge in [0.2, 0.25) is 5.91 Å². The van der Waals surface area contributed by atoms with Gasteiger partial charge in [0.05, 0.1) is 11.9 Å². The molecule has 0 aliphatic carbocycles. The van der Waals surface area contributed by atoms with Gasteiger partial charge in [-0.15, -0.1) is 0 Å². The molecule has 1 N–H and O–H groups in total. The lowest BCUT2D eigenvalue weighted by Crippen LogP contribution is -2.29. The molecule has 6 heteroatoms. The van der Waals surface area contributed by atoms with Crippen LogP contribution in [-0.2, 0) is 4.79 Å². The molecule has 1 amide bonds. The standard InChI is InChI=1S/C16H22N2O2S2/c1-3-20-14-8-6-13(7-9-14)17-15(19)12(2)22-16(21)18-10-4-5-11-18/h6-9,12H,3-5,10-11H2,1-2H3,(H,17,19)/t12-/m1/s1. The van der Waals surface area contributed by atoms with Gasteiger partial charge in [0, 0.05) is 18.8 Å². The van der Waals surface area contributed by atoms with Crippen molar-refractivity contribution < 1.29 is 9.53 Å². The van der Waals surface area contributed by atoms with Crippen LogP contribution in [0, 0.1) is 0 Å². The molecule has 1 heterocycles. The van der Waals surface area contributed by atoms with E-state index in [1.165, 1.54) is 24.6 Å². The number of hydrogen-bond acceptors (Lipinski definition) is 4.